The van der Waals surface area contributed by atoms with E-state index in [0.29, 0.717) is 29.9 Å². The molecule has 0 amide bonds. The van der Waals surface area contributed by atoms with Gasteiger partial charge in [-0.15, -0.1) is 0 Å². The average Bonchev–Trinajstić information content (AvgIpc) is 2.56. The molecule has 23 heavy (non-hydrogen) atoms. The summed E-state index contributed by atoms with van der Waals surface area (Å²) in [5.74, 6) is 0.265. The van der Waals surface area contributed by atoms with Gasteiger partial charge in [0.25, 0.3) is 0 Å². The number of benzene rings is 1. The van der Waals surface area contributed by atoms with Crippen LogP contribution in [0.15, 0.2) is 24.3 Å². The first-order chi connectivity index (χ1) is 11.0. The number of aliphatic hydroxyl groups excluding tert-OH is 1. The van der Waals surface area contributed by atoms with Gasteiger partial charge in [0.05, 0.1) is 12.7 Å². The first-order valence-electron chi connectivity index (χ1n) is 8.26. The van der Waals surface area contributed by atoms with Crippen LogP contribution in [-0.4, -0.2) is 54.4 Å². The Hall–Kier alpha value is -1.59. The first kappa shape index (κ1) is 17.8. The smallest absolute Gasteiger partial charge is 0.337 e. The van der Waals surface area contributed by atoms with Gasteiger partial charge in [0.15, 0.2) is 0 Å². The molecule has 3 atom stereocenters. The van der Waals surface area contributed by atoms with Crippen molar-refractivity contribution in [2.24, 2.45) is 0 Å². The largest absolute Gasteiger partial charge is 0.491 e. The predicted molar refractivity (Wildman–Crippen MR) is 88.8 cm³/mol. The molecule has 0 unspecified atom stereocenters. The van der Waals surface area contributed by atoms with Crippen molar-refractivity contribution in [3.63, 3.8) is 0 Å². The number of rotatable bonds is 6. The molecule has 0 aliphatic carbocycles. The molecule has 2 rings (SSSR count). The number of hydrogen-bond donors (Lipinski definition) is 1. The van der Waals surface area contributed by atoms with Crippen molar-refractivity contribution in [1.29, 1.82) is 0 Å². The molecule has 0 bridgehead atoms. The Kier molecular flexibility index (Phi) is 6.42. The SMILES string of the molecule is COC(=O)c1ccc(OC[C@@H](O)CN2[C@@H](C)CCC[C@@H]2C)cc1. The Morgan fingerprint density at radius 3 is 2.43 bits per heavy atom. The van der Waals surface area contributed by atoms with E-state index < -0.39 is 6.10 Å². The number of likely N-dealkylation sites (tertiary alicyclic amines) is 1. The molecule has 0 radical (unpaired) electrons. The summed E-state index contributed by atoms with van der Waals surface area (Å²) >= 11 is 0. The molecule has 1 aromatic carbocycles. The third-order valence-corrected chi connectivity index (χ3v) is 4.52. The van der Waals surface area contributed by atoms with Gasteiger partial charge < -0.3 is 14.6 Å². The molecule has 1 aliphatic heterocycles. The van der Waals surface area contributed by atoms with Crippen LogP contribution >= 0.6 is 0 Å². The van der Waals surface area contributed by atoms with Crippen molar-refractivity contribution < 1.29 is 19.4 Å². The first-order valence-corrected chi connectivity index (χ1v) is 8.26. The summed E-state index contributed by atoms with van der Waals surface area (Å²) in [6.07, 6.45) is 3.11. The number of aliphatic hydroxyl groups is 1. The van der Waals surface area contributed by atoms with Gasteiger partial charge in [-0.2, -0.15) is 0 Å². The molecule has 0 aromatic heterocycles. The molecule has 0 saturated carbocycles. The summed E-state index contributed by atoms with van der Waals surface area (Å²) in [5, 5.41) is 10.2. The van der Waals surface area contributed by atoms with Crippen molar-refractivity contribution in [3.8, 4) is 5.75 Å². The van der Waals surface area contributed by atoms with E-state index in [1.54, 1.807) is 24.3 Å². The third-order valence-electron chi connectivity index (χ3n) is 4.52. The second kappa shape index (κ2) is 8.31. The standard InChI is InChI=1S/C18H27NO4/c1-13-5-4-6-14(2)19(13)11-16(20)12-23-17-9-7-15(8-10-17)18(21)22-3/h7-10,13-14,16,20H,4-6,11-12H2,1-3H3/t13-,14-,16-/m0/s1. The quantitative estimate of drug-likeness (QED) is 0.816. The summed E-state index contributed by atoms with van der Waals surface area (Å²) in [4.78, 5) is 13.7. The lowest BCUT2D eigenvalue weighted by Crippen LogP contribution is -2.48. The molecule has 1 fully saturated rings. The molecule has 1 N–H and O–H groups in total. The third kappa shape index (κ3) is 4.94. The highest BCUT2D eigenvalue weighted by molar-refractivity contribution is 5.89. The minimum atomic E-state index is -0.529. The van der Waals surface area contributed by atoms with Gasteiger partial charge in [-0.3, -0.25) is 4.90 Å². The van der Waals surface area contributed by atoms with E-state index in [1.165, 1.54) is 26.4 Å². The zero-order chi connectivity index (χ0) is 16.8. The molecule has 128 valence electrons. The van der Waals surface area contributed by atoms with Gasteiger partial charge in [0.1, 0.15) is 18.5 Å². The van der Waals surface area contributed by atoms with Crippen LogP contribution in [-0.2, 0) is 4.74 Å². The van der Waals surface area contributed by atoms with E-state index in [4.69, 9.17) is 4.74 Å². The fraction of sp³-hybridized carbons (Fsp3) is 0.611. The highest BCUT2D eigenvalue weighted by Gasteiger charge is 2.26. The average molecular weight is 321 g/mol. The van der Waals surface area contributed by atoms with Crippen LogP contribution in [0, 0.1) is 0 Å². The van der Waals surface area contributed by atoms with Crippen LogP contribution in [0.25, 0.3) is 0 Å². The molecule has 5 heteroatoms. The minimum Gasteiger partial charge on any atom is -0.491 e. The summed E-state index contributed by atoms with van der Waals surface area (Å²) in [6, 6.07) is 7.75. The van der Waals surface area contributed by atoms with Crippen molar-refractivity contribution in [2.75, 3.05) is 20.3 Å². The van der Waals surface area contributed by atoms with Crippen molar-refractivity contribution in [1.82, 2.24) is 4.90 Å². The van der Waals surface area contributed by atoms with Gasteiger partial charge in [0.2, 0.25) is 0 Å². The molecule has 1 heterocycles. The predicted octanol–water partition coefficient (Wildman–Crippen LogP) is 2.48. The molecular weight excluding hydrogens is 294 g/mol. The van der Waals surface area contributed by atoms with Crippen LogP contribution in [0.1, 0.15) is 43.5 Å². The maximum atomic E-state index is 11.4. The number of ether oxygens (including phenoxy) is 2. The number of methoxy groups -OCH3 is 1. The van der Waals surface area contributed by atoms with E-state index in [1.807, 2.05) is 0 Å². The van der Waals surface area contributed by atoms with E-state index >= 15 is 0 Å². The summed E-state index contributed by atoms with van der Waals surface area (Å²) in [6.45, 7) is 5.31. The Labute approximate surface area is 138 Å². The fourth-order valence-electron chi connectivity index (χ4n) is 3.13. The van der Waals surface area contributed by atoms with E-state index in [-0.39, 0.29) is 12.6 Å². The van der Waals surface area contributed by atoms with Crippen LogP contribution in [0.5, 0.6) is 5.75 Å². The van der Waals surface area contributed by atoms with Crippen molar-refractivity contribution in [3.05, 3.63) is 29.8 Å². The lowest BCUT2D eigenvalue weighted by molar-refractivity contribution is 0.0209. The van der Waals surface area contributed by atoms with Crippen LogP contribution in [0.3, 0.4) is 0 Å². The maximum absolute atomic E-state index is 11.4. The number of piperidine rings is 1. The number of esters is 1. The number of β-amino-alcohol motifs (C(OH)–C–C–N with tert-alkyl or cyclic N) is 1. The topological polar surface area (TPSA) is 59.0 Å². The van der Waals surface area contributed by atoms with Gasteiger partial charge in [-0.1, -0.05) is 6.42 Å². The summed E-state index contributed by atoms with van der Waals surface area (Å²) in [5.41, 5.74) is 0.483. The minimum absolute atomic E-state index is 0.244. The molecule has 1 aromatic rings. The lowest BCUT2D eigenvalue weighted by atomic mass is 9.97. The number of hydrogen-bond acceptors (Lipinski definition) is 5. The van der Waals surface area contributed by atoms with E-state index in [0.717, 1.165) is 0 Å². The van der Waals surface area contributed by atoms with Crippen LogP contribution < -0.4 is 4.74 Å². The van der Waals surface area contributed by atoms with E-state index in [2.05, 4.69) is 23.5 Å². The monoisotopic (exact) mass is 321 g/mol. The fourth-order valence-corrected chi connectivity index (χ4v) is 3.13. The van der Waals surface area contributed by atoms with Gasteiger partial charge in [-0.25, -0.2) is 4.79 Å². The molecule has 1 aliphatic rings. The van der Waals surface area contributed by atoms with Crippen molar-refractivity contribution >= 4 is 5.97 Å². The summed E-state index contributed by atoms with van der Waals surface area (Å²) in [7, 11) is 1.35. The van der Waals surface area contributed by atoms with Gasteiger partial charge in [-0.05, 0) is 51.0 Å². The van der Waals surface area contributed by atoms with Crippen molar-refractivity contribution in [2.45, 2.75) is 51.3 Å². The van der Waals surface area contributed by atoms with Crippen LogP contribution in [0.2, 0.25) is 0 Å². The molecule has 5 nitrogen and oxygen atoms in total. The van der Waals surface area contributed by atoms with Gasteiger partial charge >= 0.3 is 5.97 Å². The number of carbonyl (C=O) groups excluding carboxylic acids is 1. The highest BCUT2D eigenvalue weighted by atomic mass is 16.5. The zero-order valence-electron chi connectivity index (χ0n) is 14.2. The Morgan fingerprint density at radius 2 is 1.87 bits per heavy atom. The molecular formula is C18H27NO4. The molecule has 0 spiro atoms. The second-order valence-electron chi connectivity index (χ2n) is 6.31. The number of nitrogens with zero attached hydrogens (tertiary/aromatic N) is 1. The lowest BCUT2D eigenvalue weighted by Gasteiger charge is -2.40. The van der Waals surface area contributed by atoms with Gasteiger partial charge in [0, 0.05) is 18.6 Å². The van der Waals surface area contributed by atoms with E-state index in [9.17, 15) is 9.90 Å². The Morgan fingerprint density at radius 1 is 1.26 bits per heavy atom. The zero-order valence-corrected chi connectivity index (χ0v) is 14.2. The molecule has 1 saturated heterocycles. The highest BCUT2D eigenvalue weighted by Crippen LogP contribution is 2.22. The Balaban J connectivity index is 1.81. The second-order valence-corrected chi connectivity index (χ2v) is 6.31. The Bertz CT molecular complexity index is 492. The number of carbonyl (C=O) groups is 1. The normalized spacial score (nSPS) is 23.3. The maximum Gasteiger partial charge on any atom is 0.337 e. The summed E-state index contributed by atoms with van der Waals surface area (Å²) < 4.78 is 10.3. The van der Waals surface area contributed by atoms with Crippen LogP contribution in [0.4, 0.5) is 0 Å².